The van der Waals surface area contributed by atoms with E-state index in [1.165, 1.54) is 16.1 Å². The number of amides is 1. The third-order valence-electron chi connectivity index (χ3n) is 6.46. The summed E-state index contributed by atoms with van der Waals surface area (Å²) in [6, 6.07) is 9.99. The van der Waals surface area contributed by atoms with Crippen molar-refractivity contribution in [2.24, 2.45) is 13.0 Å². The summed E-state index contributed by atoms with van der Waals surface area (Å²) in [5.74, 6) is 0.484. The zero-order chi connectivity index (χ0) is 24.3. The number of carbonyl (C=O) groups excluding carboxylic acids is 1. The van der Waals surface area contributed by atoms with Crippen molar-refractivity contribution in [1.29, 1.82) is 0 Å². The molecule has 1 aromatic carbocycles. The van der Waals surface area contributed by atoms with Gasteiger partial charge in [0, 0.05) is 45.0 Å². The lowest BCUT2D eigenvalue weighted by Crippen LogP contribution is -2.43. The molecule has 4 rings (SSSR count). The number of benzene rings is 1. The smallest absolute Gasteiger partial charge is 0.262 e. The first kappa shape index (κ1) is 24.2. The Hall–Kier alpha value is -2.98. The lowest BCUT2D eigenvalue weighted by molar-refractivity contribution is -0.126. The van der Waals surface area contributed by atoms with Crippen LogP contribution in [0, 0.1) is 19.8 Å². The van der Waals surface area contributed by atoms with Crippen molar-refractivity contribution in [1.82, 2.24) is 29.0 Å². The molecule has 1 saturated heterocycles. The van der Waals surface area contributed by atoms with Gasteiger partial charge in [0.15, 0.2) is 5.03 Å². The van der Waals surface area contributed by atoms with Crippen LogP contribution in [0.4, 0.5) is 0 Å². The van der Waals surface area contributed by atoms with Crippen molar-refractivity contribution in [3.05, 3.63) is 59.8 Å². The third-order valence-corrected chi connectivity index (χ3v) is 8.23. The van der Waals surface area contributed by atoms with Crippen molar-refractivity contribution in [2.45, 2.75) is 44.6 Å². The Kier molecular flexibility index (Phi) is 7.18. The van der Waals surface area contributed by atoms with Crippen LogP contribution in [0.15, 0.2) is 47.8 Å². The van der Waals surface area contributed by atoms with Crippen LogP contribution >= 0.6 is 0 Å². The van der Waals surface area contributed by atoms with Crippen LogP contribution < -0.4 is 5.32 Å². The highest BCUT2D eigenvalue weighted by molar-refractivity contribution is 7.89. The van der Waals surface area contributed by atoms with Gasteiger partial charge in [0.05, 0.1) is 11.4 Å². The van der Waals surface area contributed by atoms with Crippen molar-refractivity contribution in [3.8, 4) is 5.69 Å². The second-order valence-electron chi connectivity index (χ2n) is 8.83. The molecule has 34 heavy (non-hydrogen) atoms. The average molecular weight is 485 g/mol. The molecule has 3 heterocycles. The van der Waals surface area contributed by atoms with Crippen molar-refractivity contribution in [2.75, 3.05) is 19.6 Å². The van der Waals surface area contributed by atoms with Gasteiger partial charge in [-0.2, -0.15) is 9.40 Å². The SMILES string of the molecule is Cc1nn(-c2ccccc2)cc1CCCNC(=O)C1CCN(S(=O)(=O)c2cn(C)c(C)n2)CC1. The van der Waals surface area contributed by atoms with E-state index in [9.17, 15) is 13.2 Å². The van der Waals surface area contributed by atoms with Crippen molar-refractivity contribution < 1.29 is 13.2 Å². The van der Waals surface area contributed by atoms with Crippen molar-refractivity contribution >= 4 is 15.9 Å². The zero-order valence-electron chi connectivity index (χ0n) is 19.9. The quantitative estimate of drug-likeness (QED) is 0.495. The molecule has 1 amide bonds. The molecule has 2 aromatic heterocycles. The molecule has 9 nitrogen and oxygen atoms in total. The summed E-state index contributed by atoms with van der Waals surface area (Å²) in [5.41, 5.74) is 3.19. The predicted octanol–water partition coefficient (Wildman–Crippen LogP) is 2.37. The Morgan fingerprint density at radius 1 is 1.12 bits per heavy atom. The molecule has 10 heteroatoms. The maximum absolute atomic E-state index is 12.8. The van der Waals surface area contributed by atoms with E-state index in [1.54, 1.807) is 18.5 Å². The summed E-state index contributed by atoms with van der Waals surface area (Å²) >= 11 is 0. The van der Waals surface area contributed by atoms with Crippen LogP contribution in [0.25, 0.3) is 5.69 Å². The number of nitrogens with zero attached hydrogens (tertiary/aromatic N) is 5. The molecule has 0 spiro atoms. The van der Waals surface area contributed by atoms with E-state index in [-0.39, 0.29) is 16.9 Å². The molecular formula is C24H32N6O3S. The molecule has 0 radical (unpaired) electrons. The third kappa shape index (κ3) is 5.23. The molecule has 182 valence electrons. The molecule has 1 fully saturated rings. The maximum Gasteiger partial charge on any atom is 0.262 e. The van der Waals surface area contributed by atoms with Gasteiger partial charge in [0.25, 0.3) is 10.0 Å². The number of aryl methyl sites for hydroxylation is 4. The summed E-state index contributed by atoms with van der Waals surface area (Å²) in [4.78, 5) is 16.8. The van der Waals surface area contributed by atoms with Gasteiger partial charge in [0.2, 0.25) is 5.91 Å². The number of imidazole rings is 1. The van der Waals surface area contributed by atoms with E-state index in [0.29, 0.717) is 38.3 Å². The normalized spacial score (nSPS) is 15.5. The van der Waals surface area contributed by atoms with Gasteiger partial charge in [0.1, 0.15) is 5.82 Å². The van der Waals surface area contributed by atoms with Crippen LogP contribution in [-0.2, 0) is 28.3 Å². The van der Waals surface area contributed by atoms with Gasteiger partial charge in [-0.1, -0.05) is 18.2 Å². The number of nitrogens with one attached hydrogen (secondary N) is 1. The largest absolute Gasteiger partial charge is 0.356 e. The summed E-state index contributed by atoms with van der Waals surface area (Å²) in [5, 5.41) is 7.69. The van der Waals surface area contributed by atoms with E-state index in [1.807, 2.05) is 48.1 Å². The first-order chi connectivity index (χ1) is 16.3. The lowest BCUT2D eigenvalue weighted by Gasteiger charge is -2.29. The molecule has 3 aromatic rings. The monoisotopic (exact) mass is 484 g/mol. The van der Waals surface area contributed by atoms with Crippen LogP contribution in [0.5, 0.6) is 0 Å². The molecule has 1 aliphatic heterocycles. The molecule has 0 unspecified atom stereocenters. The average Bonchev–Trinajstić information content (AvgIpc) is 3.39. The molecule has 1 aliphatic rings. The van der Waals surface area contributed by atoms with E-state index in [4.69, 9.17) is 0 Å². The predicted molar refractivity (Wildman–Crippen MR) is 129 cm³/mol. The summed E-state index contributed by atoms with van der Waals surface area (Å²) in [6.45, 7) is 5.01. The topological polar surface area (TPSA) is 102 Å². The number of para-hydroxylation sites is 1. The first-order valence-corrected chi connectivity index (χ1v) is 13.1. The van der Waals surface area contributed by atoms with Gasteiger partial charge in [-0.3, -0.25) is 4.79 Å². The number of aromatic nitrogens is 4. The molecule has 0 aliphatic carbocycles. The number of hydrogen-bond acceptors (Lipinski definition) is 5. The van der Waals surface area contributed by atoms with Gasteiger partial charge >= 0.3 is 0 Å². The molecule has 0 saturated carbocycles. The molecular weight excluding hydrogens is 452 g/mol. The first-order valence-electron chi connectivity index (χ1n) is 11.6. The van der Waals surface area contributed by atoms with Crippen LogP contribution in [0.2, 0.25) is 0 Å². The minimum Gasteiger partial charge on any atom is -0.356 e. The number of sulfonamides is 1. The lowest BCUT2D eigenvalue weighted by atomic mass is 9.97. The standard InChI is InChI=1S/C24H32N6O3S/c1-18-21(16-30(27-18)22-9-5-4-6-10-22)8-7-13-25-24(31)20-11-14-29(15-12-20)34(32,33)23-17-28(3)19(2)26-23/h4-6,9-10,16-17,20H,7-8,11-15H2,1-3H3,(H,25,31). The Morgan fingerprint density at radius 3 is 2.47 bits per heavy atom. The van der Waals surface area contributed by atoms with Crippen LogP contribution in [-0.4, -0.2) is 57.6 Å². The van der Waals surface area contributed by atoms with Gasteiger partial charge in [-0.05, 0) is 57.2 Å². The molecule has 0 atom stereocenters. The van der Waals surface area contributed by atoms with E-state index >= 15 is 0 Å². The zero-order valence-corrected chi connectivity index (χ0v) is 20.8. The number of hydrogen-bond donors (Lipinski definition) is 1. The summed E-state index contributed by atoms with van der Waals surface area (Å²) < 4.78 is 30.7. The molecule has 1 N–H and O–H groups in total. The van der Waals surface area contributed by atoms with Gasteiger partial charge in [-0.25, -0.2) is 18.1 Å². The molecule has 0 bridgehead atoms. The maximum atomic E-state index is 12.8. The second-order valence-corrected chi connectivity index (χ2v) is 10.7. The van der Waals surface area contributed by atoms with E-state index in [2.05, 4.69) is 15.4 Å². The van der Waals surface area contributed by atoms with Crippen LogP contribution in [0.3, 0.4) is 0 Å². The van der Waals surface area contributed by atoms with Crippen molar-refractivity contribution in [3.63, 3.8) is 0 Å². The Morgan fingerprint density at radius 2 is 1.82 bits per heavy atom. The minimum absolute atomic E-state index is 0.00225. The van der Waals surface area contributed by atoms with Crippen LogP contribution in [0.1, 0.15) is 36.3 Å². The summed E-state index contributed by atoms with van der Waals surface area (Å²) in [6.07, 6.45) is 6.26. The Balaban J connectivity index is 1.23. The highest BCUT2D eigenvalue weighted by Crippen LogP contribution is 2.23. The highest BCUT2D eigenvalue weighted by atomic mass is 32.2. The Bertz CT molecular complexity index is 1220. The fourth-order valence-corrected chi connectivity index (χ4v) is 5.72. The van der Waals surface area contributed by atoms with Gasteiger partial charge in [-0.15, -0.1) is 0 Å². The highest BCUT2D eigenvalue weighted by Gasteiger charge is 2.33. The van der Waals surface area contributed by atoms with Gasteiger partial charge < -0.3 is 9.88 Å². The fraction of sp³-hybridized carbons (Fsp3) is 0.458. The fourth-order valence-electron chi connectivity index (χ4n) is 4.23. The Labute approximate surface area is 200 Å². The van der Waals surface area contributed by atoms with E-state index in [0.717, 1.165) is 24.2 Å². The number of carbonyl (C=O) groups is 1. The number of piperidine rings is 1. The van der Waals surface area contributed by atoms with E-state index < -0.39 is 10.0 Å². The number of rotatable bonds is 8. The summed E-state index contributed by atoms with van der Waals surface area (Å²) in [7, 11) is -1.85. The minimum atomic E-state index is -3.62. The second kappa shape index (κ2) is 10.1.